The number of hydrogen-bond acceptors (Lipinski definition) is 2. The Morgan fingerprint density at radius 1 is 1.25 bits per heavy atom. The van der Waals surface area contributed by atoms with Gasteiger partial charge in [0.25, 0.3) is 0 Å². The average Bonchev–Trinajstić information content (AvgIpc) is 2.17. The Morgan fingerprint density at radius 3 is 2.44 bits per heavy atom. The summed E-state index contributed by atoms with van der Waals surface area (Å²) in [6.45, 7) is 1.61. The summed E-state index contributed by atoms with van der Waals surface area (Å²) in [6.07, 6.45) is 1.78. The molecule has 1 saturated carbocycles. The van der Waals surface area contributed by atoms with Gasteiger partial charge in [-0.3, -0.25) is 0 Å². The molecule has 0 bridgehead atoms. The van der Waals surface area contributed by atoms with Crippen LogP contribution < -0.4 is 0 Å². The maximum Gasteiger partial charge on any atom is 0.0850 e. The Balaban J connectivity index is 1.94. The topological polar surface area (TPSA) is 33.0 Å². The minimum absolute atomic E-state index is 0.273. The first-order chi connectivity index (χ1) is 7.70. The molecule has 2 fully saturated rings. The van der Waals surface area contributed by atoms with Gasteiger partial charge < -0.3 is 4.74 Å². The van der Waals surface area contributed by atoms with Crippen molar-refractivity contribution in [2.75, 3.05) is 13.2 Å². The number of hydrogen-bond donors (Lipinski definition) is 0. The predicted octanol–water partition coefficient (Wildman–Crippen LogP) is 2.91. The summed E-state index contributed by atoms with van der Waals surface area (Å²) in [4.78, 5) is 0. The molecule has 0 unspecified atom stereocenters. The van der Waals surface area contributed by atoms with E-state index in [-0.39, 0.29) is 10.8 Å². The van der Waals surface area contributed by atoms with Crippen molar-refractivity contribution >= 4 is 11.6 Å². The molecule has 0 N–H and O–H groups in total. The van der Waals surface area contributed by atoms with E-state index in [1.807, 2.05) is 24.3 Å². The van der Waals surface area contributed by atoms with E-state index in [0.29, 0.717) is 5.02 Å². The van der Waals surface area contributed by atoms with E-state index in [4.69, 9.17) is 16.3 Å². The van der Waals surface area contributed by atoms with Gasteiger partial charge in [-0.2, -0.15) is 5.26 Å². The van der Waals surface area contributed by atoms with E-state index in [2.05, 4.69) is 6.07 Å². The monoisotopic (exact) mass is 233 g/mol. The van der Waals surface area contributed by atoms with Crippen molar-refractivity contribution in [1.82, 2.24) is 0 Å². The summed E-state index contributed by atoms with van der Waals surface area (Å²) >= 11 is 6.17. The molecule has 1 aliphatic heterocycles. The molecule has 1 aromatic carbocycles. The quantitative estimate of drug-likeness (QED) is 0.747. The van der Waals surface area contributed by atoms with E-state index in [1.165, 1.54) is 0 Å². The number of nitrogens with zero attached hydrogens (tertiary/aromatic N) is 1. The molecule has 1 aromatic rings. The van der Waals surface area contributed by atoms with Gasteiger partial charge in [0.1, 0.15) is 0 Å². The zero-order valence-electron chi connectivity index (χ0n) is 8.87. The maximum atomic E-state index is 9.42. The normalized spacial score (nSPS) is 24.2. The Bertz CT molecular complexity index is 465. The lowest BCUT2D eigenvalue weighted by Crippen LogP contribution is -2.59. The van der Waals surface area contributed by atoms with Crippen molar-refractivity contribution in [1.29, 1.82) is 5.26 Å². The van der Waals surface area contributed by atoms with E-state index >= 15 is 0 Å². The molecule has 0 radical (unpaired) electrons. The van der Waals surface area contributed by atoms with Gasteiger partial charge in [-0.1, -0.05) is 29.8 Å². The van der Waals surface area contributed by atoms with E-state index in [9.17, 15) is 5.26 Å². The summed E-state index contributed by atoms with van der Waals surface area (Å²) in [5.41, 5.74) is 0.883. The third-order valence-electron chi connectivity index (χ3n) is 3.77. The molecule has 1 saturated heterocycles. The van der Waals surface area contributed by atoms with Gasteiger partial charge in [0, 0.05) is 10.4 Å². The van der Waals surface area contributed by atoms with Gasteiger partial charge in [-0.05, 0) is 24.5 Å². The molecule has 3 rings (SSSR count). The Kier molecular flexibility index (Phi) is 2.04. The predicted molar refractivity (Wildman–Crippen MR) is 61.2 cm³/mol. The molecule has 2 aliphatic rings. The molecule has 1 heterocycles. The summed E-state index contributed by atoms with van der Waals surface area (Å²) < 4.78 is 5.24. The highest BCUT2D eigenvalue weighted by Crippen LogP contribution is 2.59. The van der Waals surface area contributed by atoms with E-state index < -0.39 is 0 Å². The molecular weight excluding hydrogens is 222 g/mol. The van der Waals surface area contributed by atoms with Crippen LogP contribution in [0, 0.1) is 16.7 Å². The first-order valence-corrected chi connectivity index (χ1v) is 5.82. The van der Waals surface area contributed by atoms with Gasteiger partial charge in [0.05, 0.1) is 24.7 Å². The summed E-state index contributed by atoms with van der Waals surface area (Å²) in [7, 11) is 0. The van der Waals surface area contributed by atoms with Crippen LogP contribution in [0.15, 0.2) is 24.3 Å². The average molecular weight is 234 g/mol. The Hall–Kier alpha value is -1.04. The van der Waals surface area contributed by atoms with Crippen LogP contribution in [0.4, 0.5) is 0 Å². The molecular formula is C13H12ClNO. The van der Waals surface area contributed by atoms with Crippen LogP contribution in [0.2, 0.25) is 5.02 Å². The first kappa shape index (κ1) is 10.1. The molecule has 82 valence electrons. The SMILES string of the molecule is N#CC1(c2ccccc2Cl)CC2(COC2)C1. The Labute approximate surface area is 99.8 Å². The third-order valence-corrected chi connectivity index (χ3v) is 4.10. The van der Waals surface area contributed by atoms with Gasteiger partial charge in [0.15, 0.2) is 0 Å². The van der Waals surface area contributed by atoms with Crippen LogP contribution in [0.3, 0.4) is 0 Å². The fraction of sp³-hybridized carbons (Fsp3) is 0.462. The summed E-state index contributed by atoms with van der Waals surface area (Å²) in [5.74, 6) is 0. The van der Waals surface area contributed by atoms with Crippen LogP contribution in [-0.2, 0) is 10.2 Å². The lowest BCUT2D eigenvalue weighted by molar-refractivity contribution is -0.178. The van der Waals surface area contributed by atoms with Crippen LogP contribution in [-0.4, -0.2) is 13.2 Å². The summed E-state index contributed by atoms with van der Waals surface area (Å²) in [5, 5.41) is 10.1. The van der Waals surface area contributed by atoms with Gasteiger partial charge in [0.2, 0.25) is 0 Å². The molecule has 0 amide bonds. The van der Waals surface area contributed by atoms with Crippen LogP contribution in [0.5, 0.6) is 0 Å². The van der Waals surface area contributed by atoms with Crippen molar-refractivity contribution < 1.29 is 4.74 Å². The number of rotatable bonds is 1. The highest BCUT2D eigenvalue weighted by Gasteiger charge is 2.60. The Morgan fingerprint density at radius 2 is 1.94 bits per heavy atom. The zero-order valence-corrected chi connectivity index (χ0v) is 9.63. The van der Waals surface area contributed by atoms with Crippen molar-refractivity contribution in [2.24, 2.45) is 5.41 Å². The second kappa shape index (κ2) is 3.23. The highest BCUT2D eigenvalue weighted by molar-refractivity contribution is 6.31. The smallest absolute Gasteiger partial charge is 0.0850 e. The van der Waals surface area contributed by atoms with Crippen molar-refractivity contribution in [3.63, 3.8) is 0 Å². The lowest BCUT2D eigenvalue weighted by atomic mass is 9.50. The van der Waals surface area contributed by atoms with Crippen molar-refractivity contribution in [2.45, 2.75) is 18.3 Å². The molecule has 1 aliphatic carbocycles. The van der Waals surface area contributed by atoms with Crippen molar-refractivity contribution in [3.8, 4) is 6.07 Å². The first-order valence-electron chi connectivity index (χ1n) is 5.44. The standard InChI is InChI=1S/C13H12ClNO/c14-11-4-2-1-3-10(11)13(7-15)5-12(6-13)8-16-9-12/h1-4H,5-6,8-9H2. The van der Waals surface area contributed by atoms with Crippen LogP contribution >= 0.6 is 11.6 Å². The molecule has 3 heteroatoms. The van der Waals surface area contributed by atoms with E-state index in [1.54, 1.807) is 0 Å². The van der Waals surface area contributed by atoms with Crippen LogP contribution in [0.1, 0.15) is 18.4 Å². The second-order valence-corrected chi connectivity index (χ2v) is 5.43. The van der Waals surface area contributed by atoms with Gasteiger partial charge in [-0.15, -0.1) is 0 Å². The molecule has 16 heavy (non-hydrogen) atoms. The largest absolute Gasteiger partial charge is 0.380 e. The molecule has 0 atom stereocenters. The maximum absolute atomic E-state index is 9.42. The minimum Gasteiger partial charge on any atom is -0.380 e. The van der Waals surface area contributed by atoms with Crippen LogP contribution in [0.25, 0.3) is 0 Å². The third kappa shape index (κ3) is 1.22. The van der Waals surface area contributed by atoms with Crippen molar-refractivity contribution in [3.05, 3.63) is 34.9 Å². The fourth-order valence-electron chi connectivity index (χ4n) is 3.00. The molecule has 0 aromatic heterocycles. The number of benzene rings is 1. The van der Waals surface area contributed by atoms with Gasteiger partial charge in [-0.25, -0.2) is 0 Å². The van der Waals surface area contributed by atoms with E-state index in [0.717, 1.165) is 31.6 Å². The highest BCUT2D eigenvalue weighted by atomic mass is 35.5. The lowest BCUT2D eigenvalue weighted by Gasteiger charge is -2.57. The van der Waals surface area contributed by atoms with Gasteiger partial charge >= 0.3 is 0 Å². The zero-order chi connectivity index (χ0) is 11.2. The number of ether oxygens (including phenoxy) is 1. The summed E-state index contributed by atoms with van der Waals surface area (Å²) in [6, 6.07) is 10.1. The number of nitriles is 1. The fourth-order valence-corrected chi connectivity index (χ4v) is 3.32. The minimum atomic E-state index is -0.373. The number of halogens is 1. The molecule has 1 spiro atoms. The molecule has 2 nitrogen and oxygen atoms in total. The second-order valence-electron chi connectivity index (χ2n) is 5.02.